The van der Waals surface area contributed by atoms with E-state index in [4.69, 9.17) is 4.42 Å². The highest BCUT2D eigenvalue weighted by Crippen LogP contribution is 2.25. The van der Waals surface area contributed by atoms with Gasteiger partial charge in [0, 0.05) is 5.69 Å². The van der Waals surface area contributed by atoms with Gasteiger partial charge in [0.15, 0.2) is 0 Å². The van der Waals surface area contributed by atoms with Crippen LogP contribution in [0.25, 0.3) is 0 Å². The molecule has 4 heteroatoms. The Labute approximate surface area is 136 Å². The van der Waals surface area contributed by atoms with Crippen molar-refractivity contribution in [2.75, 3.05) is 5.32 Å². The van der Waals surface area contributed by atoms with Crippen molar-refractivity contribution < 1.29 is 9.21 Å². The molecule has 118 valence electrons. The van der Waals surface area contributed by atoms with Crippen LogP contribution in [0.4, 0.5) is 5.69 Å². The highest BCUT2D eigenvalue weighted by Gasteiger charge is 2.19. The smallest absolute Gasteiger partial charge is 0.237 e. The minimum atomic E-state index is -0.0746. The lowest BCUT2D eigenvalue weighted by Crippen LogP contribution is -2.25. The number of furan rings is 1. The van der Waals surface area contributed by atoms with Crippen LogP contribution in [0.2, 0.25) is 0 Å². The minimum Gasteiger partial charge on any atom is -0.468 e. The lowest BCUT2D eigenvalue weighted by Gasteiger charge is -2.17. The molecule has 0 saturated heterocycles. The summed E-state index contributed by atoms with van der Waals surface area (Å²) in [7, 11) is 0. The van der Waals surface area contributed by atoms with Gasteiger partial charge in [0.05, 0.1) is 17.3 Å². The molecular weight excluding hydrogens is 294 g/mol. The maximum atomic E-state index is 12.6. The number of amides is 1. The molecule has 1 heterocycles. The normalized spacial score (nSPS) is 12.1. The predicted octanol–water partition coefficient (Wildman–Crippen LogP) is 4.80. The highest BCUT2D eigenvalue weighted by atomic mass is 32.2. The fourth-order valence-corrected chi connectivity index (χ4v) is 3.34. The third kappa shape index (κ3) is 4.17. The molecule has 0 aliphatic carbocycles. The fourth-order valence-electron chi connectivity index (χ4n) is 2.36. The molecule has 0 aliphatic heterocycles. The summed E-state index contributed by atoms with van der Waals surface area (Å²) in [4.78, 5) is 12.6. The van der Waals surface area contributed by atoms with Crippen molar-refractivity contribution in [3.05, 3.63) is 53.5 Å². The second kappa shape index (κ2) is 8.08. The molecule has 0 aliphatic rings. The monoisotopic (exact) mass is 317 g/mol. The lowest BCUT2D eigenvalue weighted by atomic mass is 10.1. The summed E-state index contributed by atoms with van der Waals surface area (Å²) in [6.45, 7) is 6.18. The highest BCUT2D eigenvalue weighted by molar-refractivity contribution is 7.99. The van der Waals surface area contributed by atoms with Gasteiger partial charge in [0.25, 0.3) is 0 Å². The Morgan fingerprint density at radius 2 is 2.09 bits per heavy atom. The second-order valence-corrected chi connectivity index (χ2v) is 6.43. The fraction of sp³-hybridized carbons (Fsp3) is 0.389. The summed E-state index contributed by atoms with van der Waals surface area (Å²) in [6.07, 6.45) is 3.37. The first-order valence-corrected chi connectivity index (χ1v) is 8.73. The Kier molecular flexibility index (Phi) is 6.13. The zero-order chi connectivity index (χ0) is 15.9. The molecule has 2 rings (SSSR count). The Hall–Kier alpha value is -1.68. The molecule has 1 amide bonds. The van der Waals surface area contributed by atoms with Crippen LogP contribution in [0.1, 0.15) is 37.2 Å². The Morgan fingerprint density at radius 3 is 2.73 bits per heavy atom. The zero-order valence-electron chi connectivity index (χ0n) is 13.4. The van der Waals surface area contributed by atoms with Crippen molar-refractivity contribution in [3.63, 3.8) is 0 Å². The summed E-state index contributed by atoms with van der Waals surface area (Å²) >= 11 is 1.62. The molecule has 0 spiro atoms. The molecule has 0 saturated carbocycles. The van der Waals surface area contributed by atoms with E-state index in [-0.39, 0.29) is 11.2 Å². The predicted molar refractivity (Wildman–Crippen MR) is 93.3 cm³/mol. The molecule has 0 bridgehead atoms. The number of hydrogen-bond acceptors (Lipinski definition) is 3. The van der Waals surface area contributed by atoms with E-state index >= 15 is 0 Å². The van der Waals surface area contributed by atoms with E-state index in [0.29, 0.717) is 5.75 Å². The molecule has 0 radical (unpaired) electrons. The summed E-state index contributed by atoms with van der Waals surface area (Å²) < 4.78 is 5.33. The molecule has 1 atom stereocenters. The molecule has 3 nitrogen and oxygen atoms in total. The third-order valence-corrected chi connectivity index (χ3v) is 5.06. The van der Waals surface area contributed by atoms with Gasteiger partial charge in [-0.15, -0.1) is 11.8 Å². The van der Waals surface area contributed by atoms with Crippen molar-refractivity contribution in [2.45, 2.75) is 44.6 Å². The molecule has 1 N–H and O–H groups in total. The average molecular weight is 317 g/mol. The number of benzene rings is 1. The number of nitrogens with one attached hydrogen (secondary N) is 1. The van der Waals surface area contributed by atoms with E-state index in [1.807, 2.05) is 38.1 Å². The first-order chi connectivity index (χ1) is 10.7. The van der Waals surface area contributed by atoms with Crippen LogP contribution in [-0.4, -0.2) is 11.2 Å². The van der Waals surface area contributed by atoms with Crippen molar-refractivity contribution in [1.82, 2.24) is 0 Å². The molecule has 2 aromatic rings. The van der Waals surface area contributed by atoms with Crippen LogP contribution < -0.4 is 5.32 Å². The number of rotatable bonds is 7. The summed E-state index contributed by atoms with van der Waals surface area (Å²) in [5.41, 5.74) is 3.25. The van der Waals surface area contributed by atoms with Gasteiger partial charge < -0.3 is 9.73 Å². The van der Waals surface area contributed by atoms with Gasteiger partial charge in [0.2, 0.25) is 5.91 Å². The Morgan fingerprint density at radius 1 is 1.27 bits per heavy atom. The third-order valence-electron chi connectivity index (χ3n) is 3.66. The van der Waals surface area contributed by atoms with Gasteiger partial charge in [-0.2, -0.15) is 0 Å². The topological polar surface area (TPSA) is 42.2 Å². The molecule has 22 heavy (non-hydrogen) atoms. The van der Waals surface area contributed by atoms with Crippen molar-refractivity contribution in [1.29, 1.82) is 0 Å². The van der Waals surface area contributed by atoms with E-state index in [1.165, 1.54) is 5.56 Å². The summed E-state index contributed by atoms with van der Waals surface area (Å²) in [5.74, 6) is 1.69. The van der Waals surface area contributed by atoms with Crippen LogP contribution in [-0.2, 0) is 17.0 Å². The minimum absolute atomic E-state index is 0.0723. The van der Waals surface area contributed by atoms with Crippen LogP contribution in [0.3, 0.4) is 0 Å². The number of carbonyl (C=O) groups excluding carboxylic acids is 1. The van der Waals surface area contributed by atoms with Crippen molar-refractivity contribution in [3.8, 4) is 0 Å². The van der Waals surface area contributed by atoms with E-state index < -0.39 is 0 Å². The number of thioether (sulfide) groups is 1. The van der Waals surface area contributed by atoms with Crippen LogP contribution in [0.15, 0.2) is 41.0 Å². The van der Waals surface area contributed by atoms with Crippen LogP contribution >= 0.6 is 11.8 Å². The number of carbonyl (C=O) groups is 1. The van der Waals surface area contributed by atoms with Crippen molar-refractivity contribution in [2.24, 2.45) is 0 Å². The Balaban J connectivity index is 2.03. The molecular formula is C18H23NO2S. The van der Waals surface area contributed by atoms with Gasteiger partial charge in [-0.1, -0.05) is 32.0 Å². The average Bonchev–Trinajstić information content (AvgIpc) is 3.03. The van der Waals surface area contributed by atoms with Crippen LogP contribution in [0, 0.1) is 6.92 Å². The SMILES string of the molecule is CCc1cccc(C)c1NC(=O)C(CC)SCc1ccco1. The van der Waals surface area contributed by atoms with Crippen molar-refractivity contribution >= 4 is 23.4 Å². The number of para-hydroxylation sites is 1. The lowest BCUT2D eigenvalue weighted by molar-refractivity contribution is -0.115. The quantitative estimate of drug-likeness (QED) is 0.797. The standard InChI is InChI=1S/C18H23NO2S/c1-4-14-9-6-8-13(3)17(14)19-18(20)16(5-2)22-12-15-10-7-11-21-15/h6-11,16H,4-5,12H2,1-3H3,(H,19,20). The van der Waals surface area contributed by atoms with Crippen LogP contribution in [0.5, 0.6) is 0 Å². The van der Waals surface area contributed by atoms with E-state index in [1.54, 1.807) is 18.0 Å². The first kappa shape index (κ1) is 16.7. The van der Waals surface area contributed by atoms with Gasteiger partial charge in [-0.05, 0) is 43.0 Å². The van der Waals surface area contributed by atoms with E-state index in [2.05, 4.69) is 18.3 Å². The largest absolute Gasteiger partial charge is 0.468 e. The van der Waals surface area contributed by atoms with Gasteiger partial charge in [-0.3, -0.25) is 4.79 Å². The Bertz CT molecular complexity index is 608. The number of anilines is 1. The number of hydrogen-bond donors (Lipinski definition) is 1. The maximum absolute atomic E-state index is 12.6. The molecule has 1 aromatic heterocycles. The van der Waals surface area contributed by atoms with Gasteiger partial charge in [0.1, 0.15) is 5.76 Å². The van der Waals surface area contributed by atoms with E-state index in [0.717, 1.165) is 29.9 Å². The second-order valence-electron chi connectivity index (χ2n) is 5.24. The summed E-state index contributed by atoms with van der Waals surface area (Å²) in [6, 6.07) is 9.95. The molecule has 0 fully saturated rings. The maximum Gasteiger partial charge on any atom is 0.237 e. The molecule has 1 unspecified atom stereocenters. The van der Waals surface area contributed by atoms with Gasteiger partial charge in [-0.25, -0.2) is 0 Å². The first-order valence-electron chi connectivity index (χ1n) is 7.69. The number of aryl methyl sites for hydroxylation is 2. The zero-order valence-corrected chi connectivity index (χ0v) is 14.2. The summed E-state index contributed by atoms with van der Waals surface area (Å²) in [5, 5.41) is 3.05. The van der Waals surface area contributed by atoms with Gasteiger partial charge >= 0.3 is 0 Å². The molecule has 1 aromatic carbocycles. The van der Waals surface area contributed by atoms with E-state index in [9.17, 15) is 4.79 Å².